The molecule has 0 saturated carbocycles. The lowest BCUT2D eigenvalue weighted by Gasteiger charge is -2.25. The molecule has 0 unspecified atom stereocenters. The summed E-state index contributed by atoms with van der Waals surface area (Å²) >= 11 is 9.32. The number of halogens is 2. The van der Waals surface area contributed by atoms with Gasteiger partial charge in [0.2, 0.25) is 5.91 Å². The molecule has 4 nitrogen and oxygen atoms in total. The molecule has 0 aliphatic carbocycles. The Morgan fingerprint density at radius 2 is 2.06 bits per heavy atom. The highest BCUT2D eigenvalue weighted by molar-refractivity contribution is 9.10. The van der Waals surface area contributed by atoms with Gasteiger partial charge in [-0.15, -0.1) is 0 Å². The second-order valence-corrected chi connectivity index (χ2v) is 5.33. The Hall–Kier alpha value is -1.07. The van der Waals surface area contributed by atoms with E-state index in [1.165, 1.54) is 4.90 Å². The molecule has 1 aromatic carbocycles. The first kappa shape index (κ1) is 15.0. The summed E-state index contributed by atoms with van der Waals surface area (Å²) in [7, 11) is 0. The Balaban J connectivity index is 3.10. The maximum absolute atomic E-state index is 12.3. The quantitative estimate of drug-likeness (QED) is 0.920. The van der Waals surface area contributed by atoms with E-state index in [-0.39, 0.29) is 18.5 Å². The number of primary amides is 1. The highest BCUT2D eigenvalue weighted by atomic mass is 79.9. The summed E-state index contributed by atoms with van der Waals surface area (Å²) in [6.45, 7) is 3.50. The van der Waals surface area contributed by atoms with E-state index in [0.29, 0.717) is 15.1 Å². The molecule has 0 atom stereocenters. The Kier molecular flexibility index (Phi) is 5.16. The van der Waals surface area contributed by atoms with Gasteiger partial charge in [0.05, 0.1) is 17.1 Å². The largest absolute Gasteiger partial charge is 0.368 e. The summed E-state index contributed by atoms with van der Waals surface area (Å²) in [5.74, 6) is -0.863. The van der Waals surface area contributed by atoms with Gasteiger partial charge >= 0.3 is 0 Å². The normalized spacial score (nSPS) is 10.5. The van der Waals surface area contributed by atoms with Gasteiger partial charge in [0, 0.05) is 10.5 Å². The minimum Gasteiger partial charge on any atom is -0.368 e. The topological polar surface area (TPSA) is 63.4 Å². The predicted octanol–water partition coefficient (Wildman–Crippen LogP) is 2.44. The third-order valence-electron chi connectivity index (χ3n) is 2.39. The number of amides is 2. The molecule has 0 bridgehead atoms. The van der Waals surface area contributed by atoms with Gasteiger partial charge in [-0.25, -0.2) is 0 Å². The Labute approximate surface area is 119 Å². The van der Waals surface area contributed by atoms with Crippen molar-refractivity contribution in [3.8, 4) is 0 Å². The summed E-state index contributed by atoms with van der Waals surface area (Å²) in [5.41, 5.74) is 5.49. The number of carbonyl (C=O) groups is 2. The molecule has 18 heavy (non-hydrogen) atoms. The lowest BCUT2D eigenvalue weighted by atomic mass is 10.1. The Bertz CT molecular complexity index is 477. The van der Waals surface area contributed by atoms with E-state index in [0.717, 1.165) is 0 Å². The highest BCUT2D eigenvalue weighted by Crippen LogP contribution is 2.27. The molecule has 6 heteroatoms. The molecular weight excluding hydrogens is 320 g/mol. The first-order chi connectivity index (χ1) is 8.34. The van der Waals surface area contributed by atoms with Crippen molar-refractivity contribution >= 4 is 39.3 Å². The number of rotatable bonds is 4. The standard InChI is InChI=1S/C12H14BrClN2O2/c1-7(2)16(6-10(15)17)12(18)8-4-3-5-9(13)11(8)14/h3-5,7H,6H2,1-2H3,(H2,15,17). The second-order valence-electron chi connectivity index (χ2n) is 4.09. The first-order valence-corrected chi connectivity index (χ1v) is 6.55. The summed E-state index contributed by atoms with van der Waals surface area (Å²) in [5, 5.41) is 0.331. The van der Waals surface area contributed by atoms with Crippen LogP contribution in [0.4, 0.5) is 0 Å². The number of nitrogens with zero attached hydrogens (tertiary/aromatic N) is 1. The van der Waals surface area contributed by atoms with Crippen molar-refractivity contribution in [3.63, 3.8) is 0 Å². The average Bonchev–Trinajstić information content (AvgIpc) is 2.28. The summed E-state index contributed by atoms with van der Waals surface area (Å²) in [4.78, 5) is 24.7. The zero-order valence-corrected chi connectivity index (χ0v) is 12.5. The fraction of sp³-hybridized carbons (Fsp3) is 0.333. The van der Waals surface area contributed by atoms with Crippen LogP contribution < -0.4 is 5.73 Å². The van der Waals surface area contributed by atoms with E-state index in [1.54, 1.807) is 18.2 Å². The van der Waals surface area contributed by atoms with Crippen LogP contribution in [0.15, 0.2) is 22.7 Å². The van der Waals surface area contributed by atoms with Gasteiger partial charge in [-0.3, -0.25) is 9.59 Å². The van der Waals surface area contributed by atoms with Crippen LogP contribution in [0.2, 0.25) is 5.02 Å². The monoisotopic (exact) mass is 332 g/mol. The molecule has 1 rings (SSSR count). The van der Waals surface area contributed by atoms with Crippen molar-refractivity contribution in [2.45, 2.75) is 19.9 Å². The van der Waals surface area contributed by atoms with Gasteiger partial charge in [-0.2, -0.15) is 0 Å². The van der Waals surface area contributed by atoms with Crippen LogP contribution in [0.1, 0.15) is 24.2 Å². The Morgan fingerprint density at radius 1 is 1.44 bits per heavy atom. The molecule has 2 amide bonds. The zero-order chi connectivity index (χ0) is 13.9. The molecule has 0 radical (unpaired) electrons. The van der Waals surface area contributed by atoms with Gasteiger partial charge in [-0.05, 0) is 41.9 Å². The number of carbonyl (C=O) groups excluding carboxylic acids is 2. The van der Waals surface area contributed by atoms with Gasteiger partial charge in [0.1, 0.15) is 0 Å². The summed E-state index contributed by atoms with van der Waals surface area (Å²) in [6.07, 6.45) is 0. The lowest BCUT2D eigenvalue weighted by Crippen LogP contribution is -2.42. The predicted molar refractivity (Wildman–Crippen MR) is 74.5 cm³/mol. The average molecular weight is 334 g/mol. The second kappa shape index (κ2) is 6.20. The van der Waals surface area contributed by atoms with E-state index in [9.17, 15) is 9.59 Å². The summed E-state index contributed by atoms with van der Waals surface area (Å²) < 4.78 is 0.637. The lowest BCUT2D eigenvalue weighted by molar-refractivity contribution is -0.119. The van der Waals surface area contributed by atoms with Gasteiger partial charge in [0.15, 0.2) is 0 Å². The number of nitrogens with two attached hydrogens (primary N) is 1. The van der Waals surface area contributed by atoms with Crippen LogP contribution >= 0.6 is 27.5 Å². The van der Waals surface area contributed by atoms with E-state index >= 15 is 0 Å². The number of hydrogen-bond donors (Lipinski definition) is 1. The first-order valence-electron chi connectivity index (χ1n) is 5.38. The van der Waals surface area contributed by atoms with E-state index in [1.807, 2.05) is 13.8 Å². The van der Waals surface area contributed by atoms with Crippen molar-refractivity contribution in [1.82, 2.24) is 4.90 Å². The molecule has 0 fully saturated rings. The molecule has 0 aliphatic rings. The Morgan fingerprint density at radius 3 is 2.56 bits per heavy atom. The molecule has 98 valence electrons. The van der Waals surface area contributed by atoms with Crippen molar-refractivity contribution in [2.24, 2.45) is 5.73 Å². The minimum absolute atomic E-state index is 0.126. The minimum atomic E-state index is -0.553. The fourth-order valence-electron chi connectivity index (χ4n) is 1.48. The van der Waals surface area contributed by atoms with Crippen molar-refractivity contribution in [1.29, 1.82) is 0 Å². The number of hydrogen-bond acceptors (Lipinski definition) is 2. The van der Waals surface area contributed by atoms with Crippen molar-refractivity contribution in [3.05, 3.63) is 33.3 Å². The molecule has 1 aromatic rings. The number of benzene rings is 1. The maximum atomic E-state index is 12.3. The maximum Gasteiger partial charge on any atom is 0.256 e. The molecule has 0 heterocycles. The third-order valence-corrected chi connectivity index (χ3v) is 3.69. The van der Waals surface area contributed by atoms with E-state index in [2.05, 4.69) is 15.9 Å². The van der Waals surface area contributed by atoms with Crippen LogP contribution in [-0.2, 0) is 4.79 Å². The van der Waals surface area contributed by atoms with Gasteiger partial charge in [-0.1, -0.05) is 17.7 Å². The molecule has 0 aromatic heterocycles. The van der Waals surface area contributed by atoms with Crippen molar-refractivity contribution < 1.29 is 9.59 Å². The van der Waals surface area contributed by atoms with Gasteiger partial charge in [0.25, 0.3) is 5.91 Å². The van der Waals surface area contributed by atoms with E-state index in [4.69, 9.17) is 17.3 Å². The highest BCUT2D eigenvalue weighted by Gasteiger charge is 2.23. The molecule has 0 aliphatic heterocycles. The van der Waals surface area contributed by atoms with Crippen LogP contribution in [0.3, 0.4) is 0 Å². The van der Waals surface area contributed by atoms with E-state index < -0.39 is 5.91 Å². The SMILES string of the molecule is CC(C)N(CC(N)=O)C(=O)c1cccc(Br)c1Cl. The molecule has 2 N–H and O–H groups in total. The van der Waals surface area contributed by atoms with Crippen LogP contribution in [-0.4, -0.2) is 29.3 Å². The third kappa shape index (κ3) is 3.46. The molecule has 0 saturated heterocycles. The fourth-order valence-corrected chi connectivity index (χ4v) is 2.05. The van der Waals surface area contributed by atoms with Gasteiger partial charge < -0.3 is 10.6 Å². The van der Waals surface area contributed by atoms with Crippen LogP contribution in [0, 0.1) is 0 Å². The van der Waals surface area contributed by atoms with Crippen LogP contribution in [0.25, 0.3) is 0 Å². The molecule has 0 spiro atoms. The zero-order valence-electron chi connectivity index (χ0n) is 10.1. The summed E-state index contributed by atoms with van der Waals surface area (Å²) in [6, 6.07) is 4.94. The van der Waals surface area contributed by atoms with Crippen LogP contribution in [0.5, 0.6) is 0 Å². The van der Waals surface area contributed by atoms with Crippen molar-refractivity contribution in [2.75, 3.05) is 6.54 Å². The molecular formula is C12H14BrClN2O2. The smallest absolute Gasteiger partial charge is 0.256 e.